The number of aliphatic imine (C=N–C) groups is 1. The van der Waals surface area contributed by atoms with Gasteiger partial charge < -0.3 is 19.7 Å². The Morgan fingerprint density at radius 3 is 2.54 bits per heavy atom. The summed E-state index contributed by atoms with van der Waals surface area (Å²) in [6, 6.07) is 2.59. The lowest BCUT2D eigenvalue weighted by atomic mass is 10.2. The summed E-state index contributed by atoms with van der Waals surface area (Å²) in [7, 11) is 6.23. The van der Waals surface area contributed by atoms with Gasteiger partial charge in [0.15, 0.2) is 5.96 Å². The Labute approximate surface area is 169 Å². The van der Waals surface area contributed by atoms with Crippen molar-refractivity contribution >= 4 is 41.5 Å². The summed E-state index contributed by atoms with van der Waals surface area (Å²) < 4.78 is 2.05. The first-order chi connectivity index (χ1) is 10.9. The summed E-state index contributed by atoms with van der Waals surface area (Å²) in [4.78, 5) is 9.24. The fraction of sp³-hybridized carbons (Fsp3) is 0.706. The summed E-state index contributed by atoms with van der Waals surface area (Å²) in [5, 5.41) is 4.13. The van der Waals surface area contributed by atoms with Crippen LogP contribution in [0.25, 0.3) is 0 Å². The Kier molecular flexibility index (Phi) is 11.7. The molecule has 0 amide bonds. The lowest BCUT2D eigenvalue weighted by Crippen LogP contribution is -2.39. The quantitative estimate of drug-likeness (QED) is 0.360. The second-order valence-electron chi connectivity index (χ2n) is 6.09. The molecule has 1 heterocycles. The van der Waals surface area contributed by atoms with E-state index in [9.17, 15) is 0 Å². The van der Waals surface area contributed by atoms with Crippen LogP contribution in [0.4, 0.5) is 0 Å². The van der Waals surface area contributed by atoms with Gasteiger partial charge in [-0.2, -0.15) is 0 Å². The molecule has 24 heavy (non-hydrogen) atoms. The first kappa shape index (κ1) is 23.5. The highest BCUT2D eigenvalue weighted by Crippen LogP contribution is 2.14. The molecule has 140 valence electrons. The Morgan fingerprint density at radius 1 is 1.38 bits per heavy atom. The predicted molar refractivity (Wildman–Crippen MR) is 116 cm³/mol. The maximum atomic E-state index is 6.06. The third-order valence-corrected chi connectivity index (χ3v) is 4.43. The number of nitrogens with one attached hydrogen (secondary N) is 1. The lowest BCUT2D eigenvalue weighted by Gasteiger charge is -2.24. The molecule has 0 bridgehead atoms. The molecule has 7 heteroatoms. The van der Waals surface area contributed by atoms with Gasteiger partial charge in [-0.15, -0.1) is 24.0 Å². The molecule has 0 spiro atoms. The lowest BCUT2D eigenvalue weighted by molar-refractivity contribution is 0.258. The average Bonchev–Trinajstić information content (AvgIpc) is 2.82. The molecule has 0 saturated carbocycles. The van der Waals surface area contributed by atoms with Crippen molar-refractivity contribution in [1.82, 2.24) is 19.7 Å². The van der Waals surface area contributed by atoms with E-state index in [0.29, 0.717) is 6.04 Å². The van der Waals surface area contributed by atoms with Gasteiger partial charge in [-0.05, 0) is 33.4 Å². The molecule has 1 aromatic heterocycles. The zero-order valence-corrected chi connectivity index (χ0v) is 18.9. The van der Waals surface area contributed by atoms with Crippen LogP contribution in [-0.4, -0.2) is 60.1 Å². The van der Waals surface area contributed by atoms with E-state index in [1.165, 1.54) is 5.69 Å². The van der Waals surface area contributed by atoms with E-state index in [1.807, 2.05) is 19.3 Å². The number of aromatic nitrogens is 1. The highest BCUT2D eigenvalue weighted by atomic mass is 127. The predicted octanol–water partition coefficient (Wildman–Crippen LogP) is 3.42. The van der Waals surface area contributed by atoms with E-state index in [0.717, 1.165) is 43.6 Å². The molecule has 0 aliphatic carbocycles. The van der Waals surface area contributed by atoms with Crippen molar-refractivity contribution in [2.75, 3.05) is 33.7 Å². The molecular formula is C17H33ClIN5. The first-order valence-electron chi connectivity index (χ1n) is 8.39. The maximum absolute atomic E-state index is 6.06. The monoisotopic (exact) mass is 469 g/mol. The Hall–Kier alpha value is -0.470. The van der Waals surface area contributed by atoms with E-state index in [4.69, 9.17) is 16.6 Å². The minimum atomic E-state index is 0. The number of hydrogen-bond donors (Lipinski definition) is 1. The third kappa shape index (κ3) is 7.61. The molecule has 0 aliphatic rings. The van der Waals surface area contributed by atoms with E-state index in [1.54, 1.807) is 0 Å². The van der Waals surface area contributed by atoms with Gasteiger partial charge in [0.2, 0.25) is 0 Å². The van der Waals surface area contributed by atoms with Gasteiger partial charge in [0.25, 0.3) is 0 Å². The third-order valence-electron chi connectivity index (χ3n) is 4.23. The van der Waals surface area contributed by atoms with Crippen molar-refractivity contribution in [1.29, 1.82) is 0 Å². The topological polar surface area (TPSA) is 35.8 Å². The number of aryl methyl sites for hydroxylation is 1. The summed E-state index contributed by atoms with van der Waals surface area (Å²) in [5.74, 6) is 0.933. The van der Waals surface area contributed by atoms with Gasteiger partial charge >= 0.3 is 0 Å². The highest BCUT2D eigenvalue weighted by molar-refractivity contribution is 14.0. The van der Waals surface area contributed by atoms with Gasteiger partial charge in [0.1, 0.15) is 0 Å². The normalized spacial score (nSPS) is 12.9. The summed E-state index contributed by atoms with van der Waals surface area (Å²) in [6.45, 7) is 9.95. The van der Waals surface area contributed by atoms with Crippen LogP contribution in [0.5, 0.6) is 0 Å². The van der Waals surface area contributed by atoms with Crippen LogP contribution in [0.3, 0.4) is 0 Å². The van der Waals surface area contributed by atoms with Gasteiger partial charge in [-0.25, -0.2) is 0 Å². The molecule has 0 aromatic carbocycles. The highest BCUT2D eigenvalue weighted by Gasteiger charge is 2.10. The first-order valence-corrected chi connectivity index (χ1v) is 8.77. The zero-order valence-electron chi connectivity index (χ0n) is 15.8. The van der Waals surface area contributed by atoms with E-state index >= 15 is 0 Å². The number of hydrogen-bond acceptors (Lipinski definition) is 2. The number of halogens is 2. The van der Waals surface area contributed by atoms with Gasteiger partial charge in [0.05, 0.1) is 18.1 Å². The smallest absolute Gasteiger partial charge is 0.194 e. The van der Waals surface area contributed by atoms with Crippen LogP contribution in [0, 0.1) is 0 Å². The maximum Gasteiger partial charge on any atom is 0.194 e. The molecule has 1 unspecified atom stereocenters. The average molecular weight is 470 g/mol. The second-order valence-corrected chi connectivity index (χ2v) is 6.53. The Balaban J connectivity index is 0.00000529. The van der Waals surface area contributed by atoms with Crippen LogP contribution in [0.1, 0.15) is 32.9 Å². The number of nitrogens with zero attached hydrogens (tertiary/aromatic N) is 4. The Bertz CT molecular complexity index is 503. The summed E-state index contributed by atoms with van der Waals surface area (Å²) in [5.41, 5.74) is 1.17. The van der Waals surface area contributed by atoms with Crippen molar-refractivity contribution in [2.24, 2.45) is 12.0 Å². The molecule has 5 nitrogen and oxygen atoms in total. The molecule has 0 aliphatic heterocycles. The van der Waals surface area contributed by atoms with Gasteiger partial charge in [-0.3, -0.25) is 4.99 Å². The molecule has 1 aromatic rings. The second kappa shape index (κ2) is 12.0. The number of likely N-dealkylation sites (N-methyl/N-ethyl adjacent to an activating group) is 1. The van der Waals surface area contributed by atoms with Gasteiger partial charge in [-0.1, -0.05) is 18.5 Å². The molecule has 0 saturated heterocycles. The largest absolute Gasteiger partial charge is 0.357 e. The van der Waals surface area contributed by atoms with Crippen LogP contribution < -0.4 is 5.32 Å². The Morgan fingerprint density at radius 2 is 2.04 bits per heavy atom. The van der Waals surface area contributed by atoms with Gasteiger partial charge in [0, 0.05) is 45.1 Å². The molecular weight excluding hydrogens is 437 g/mol. The van der Waals surface area contributed by atoms with Crippen molar-refractivity contribution in [2.45, 2.75) is 39.8 Å². The summed E-state index contributed by atoms with van der Waals surface area (Å²) in [6.07, 6.45) is 3.09. The fourth-order valence-corrected chi connectivity index (χ4v) is 2.63. The number of guanidine groups is 1. The van der Waals surface area contributed by atoms with E-state index < -0.39 is 0 Å². The molecule has 1 N–H and O–H groups in total. The fourth-order valence-electron chi connectivity index (χ4n) is 2.36. The molecule has 1 atom stereocenters. The van der Waals surface area contributed by atoms with Crippen LogP contribution in [0.2, 0.25) is 5.02 Å². The van der Waals surface area contributed by atoms with E-state index in [2.05, 4.69) is 54.6 Å². The van der Waals surface area contributed by atoms with Crippen LogP contribution in [0.15, 0.2) is 17.3 Å². The van der Waals surface area contributed by atoms with Crippen molar-refractivity contribution in [3.8, 4) is 0 Å². The molecule has 0 radical (unpaired) electrons. The van der Waals surface area contributed by atoms with Crippen molar-refractivity contribution < 1.29 is 0 Å². The van der Waals surface area contributed by atoms with Crippen LogP contribution in [-0.2, 0) is 13.6 Å². The summed E-state index contributed by atoms with van der Waals surface area (Å²) >= 11 is 6.06. The standard InChI is InChI=1S/C17H32ClN5.HI/c1-7-14(3)21(4)10-9-20-17(19-8-2)23(6)13-16-11-15(18)12-22(16)5;/h11-12,14H,7-10,13H2,1-6H3,(H,19,20);1H. The van der Waals surface area contributed by atoms with Crippen molar-refractivity contribution in [3.63, 3.8) is 0 Å². The number of rotatable bonds is 8. The molecule has 0 fully saturated rings. The van der Waals surface area contributed by atoms with Crippen molar-refractivity contribution in [3.05, 3.63) is 23.0 Å². The molecule has 1 rings (SSSR count). The SMILES string of the molecule is CCNC(=NCCN(C)C(C)CC)N(C)Cc1cc(Cl)cn1C.I. The van der Waals surface area contributed by atoms with E-state index in [-0.39, 0.29) is 24.0 Å². The minimum absolute atomic E-state index is 0. The zero-order chi connectivity index (χ0) is 17.4. The minimum Gasteiger partial charge on any atom is -0.357 e. The van der Waals surface area contributed by atoms with Crippen LogP contribution >= 0.6 is 35.6 Å².